The van der Waals surface area contributed by atoms with Crippen molar-refractivity contribution in [2.45, 2.75) is 47.0 Å². The summed E-state index contributed by atoms with van der Waals surface area (Å²) >= 11 is 5.82. The van der Waals surface area contributed by atoms with Crippen molar-refractivity contribution in [3.63, 3.8) is 0 Å². The highest BCUT2D eigenvalue weighted by atomic mass is 35.5. The molecule has 0 aliphatic carbocycles. The summed E-state index contributed by atoms with van der Waals surface area (Å²) in [4.78, 5) is 14.0. The van der Waals surface area contributed by atoms with E-state index in [1.165, 1.54) is 0 Å². The normalized spacial score (nSPS) is 24.6. The fourth-order valence-corrected chi connectivity index (χ4v) is 2.62. The van der Waals surface area contributed by atoms with Crippen molar-refractivity contribution in [1.82, 2.24) is 4.90 Å². The third kappa shape index (κ3) is 4.50. The van der Waals surface area contributed by atoms with Gasteiger partial charge in [0.25, 0.3) is 0 Å². The van der Waals surface area contributed by atoms with Gasteiger partial charge < -0.3 is 4.90 Å². The molecule has 1 fully saturated rings. The fraction of sp³-hybridized carbons (Fsp3) is 0.929. The molecular formula is C14H26ClNO. The summed E-state index contributed by atoms with van der Waals surface area (Å²) in [5.41, 5.74) is 0.314. The van der Waals surface area contributed by atoms with Crippen LogP contribution < -0.4 is 0 Å². The minimum Gasteiger partial charge on any atom is -0.342 e. The SMILES string of the molecule is CC(CCl)CN1CCC(C(C)(C)C)CCC1=O. The summed E-state index contributed by atoms with van der Waals surface area (Å²) < 4.78 is 0. The molecule has 0 saturated carbocycles. The molecule has 1 aliphatic heterocycles. The molecule has 1 heterocycles. The van der Waals surface area contributed by atoms with Crippen LogP contribution in [-0.4, -0.2) is 29.8 Å². The van der Waals surface area contributed by atoms with Gasteiger partial charge in [0.05, 0.1) is 0 Å². The Morgan fingerprint density at radius 2 is 2.06 bits per heavy atom. The maximum atomic E-state index is 12.0. The van der Waals surface area contributed by atoms with Crippen LogP contribution in [0, 0.1) is 17.3 Å². The third-order valence-electron chi connectivity index (χ3n) is 3.83. The van der Waals surface area contributed by atoms with E-state index in [1.807, 2.05) is 4.90 Å². The van der Waals surface area contributed by atoms with Gasteiger partial charge >= 0.3 is 0 Å². The summed E-state index contributed by atoms with van der Waals surface area (Å²) in [6, 6.07) is 0. The van der Waals surface area contributed by atoms with Crippen LogP contribution in [0.15, 0.2) is 0 Å². The average molecular weight is 260 g/mol. The molecule has 17 heavy (non-hydrogen) atoms. The van der Waals surface area contributed by atoms with Crippen LogP contribution in [0.2, 0.25) is 0 Å². The first-order valence-electron chi connectivity index (χ1n) is 6.68. The van der Waals surface area contributed by atoms with Crippen molar-refractivity contribution in [1.29, 1.82) is 0 Å². The number of hydrogen-bond acceptors (Lipinski definition) is 1. The summed E-state index contributed by atoms with van der Waals surface area (Å²) in [7, 11) is 0. The van der Waals surface area contributed by atoms with Gasteiger partial charge in [0.1, 0.15) is 0 Å². The molecule has 100 valence electrons. The van der Waals surface area contributed by atoms with Gasteiger partial charge in [0.15, 0.2) is 0 Å². The van der Waals surface area contributed by atoms with Gasteiger partial charge in [-0.05, 0) is 30.1 Å². The van der Waals surface area contributed by atoms with Crippen molar-refractivity contribution in [3.8, 4) is 0 Å². The van der Waals surface area contributed by atoms with Crippen LogP contribution in [-0.2, 0) is 4.79 Å². The Bertz CT molecular complexity index is 259. The smallest absolute Gasteiger partial charge is 0.222 e. The first kappa shape index (κ1) is 14.8. The molecule has 1 aliphatic rings. The van der Waals surface area contributed by atoms with E-state index in [0.717, 1.165) is 25.9 Å². The first-order chi connectivity index (χ1) is 7.84. The Balaban J connectivity index is 2.58. The Morgan fingerprint density at radius 1 is 1.41 bits per heavy atom. The monoisotopic (exact) mass is 259 g/mol. The second-order valence-corrected chi connectivity index (χ2v) is 6.80. The Kier molecular flexibility index (Phi) is 5.30. The van der Waals surface area contributed by atoms with Crippen molar-refractivity contribution in [2.24, 2.45) is 17.3 Å². The number of amides is 1. The molecule has 0 aromatic heterocycles. The van der Waals surface area contributed by atoms with Crippen molar-refractivity contribution in [2.75, 3.05) is 19.0 Å². The fourth-order valence-electron chi connectivity index (χ4n) is 2.52. The standard InChI is InChI=1S/C14H26ClNO/c1-11(9-15)10-16-8-7-12(14(2,3)4)5-6-13(16)17/h11-12H,5-10H2,1-4H3. The maximum absolute atomic E-state index is 12.0. The molecule has 2 unspecified atom stereocenters. The molecule has 0 bridgehead atoms. The Labute approximate surface area is 111 Å². The molecular weight excluding hydrogens is 234 g/mol. The molecule has 0 aromatic rings. The molecule has 0 radical (unpaired) electrons. The van der Waals surface area contributed by atoms with Crippen LogP contribution in [0.4, 0.5) is 0 Å². The molecule has 2 atom stereocenters. The van der Waals surface area contributed by atoms with E-state index in [9.17, 15) is 4.79 Å². The molecule has 0 N–H and O–H groups in total. The highest BCUT2D eigenvalue weighted by Gasteiger charge is 2.30. The number of halogens is 1. The largest absolute Gasteiger partial charge is 0.342 e. The van der Waals surface area contributed by atoms with Crippen LogP contribution in [0.5, 0.6) is 0 Å². The number of hydrogen-bond donors (Lipinski definition) is 0. The lowest BCUT2D eigenvalue weighted by molar-refractivity contribution is -0.131. The molecule has 1 amide bonds. The number of rotatable bonds is 3. The third-order valence-corrected chi connectivity index (χ3v) is 4.35. The predicted molar refractivity (Wildman–Crippen MR) is 73.3 cm³/mol. The van der Waals surface area contributed by atoms with Gasteiger partial charge in [-0.1, -0.05) is 27.7 Å². The number of carbonyl (C=O) groups is 1. The highest BCUT2D eigenvalue weighted by molar-refractivity contribution is 6.18. The van der Waals surface area contributed by atoms with E-state index in [2.05, 4.69) is 27.7 Å². The van der Waals surface area contributed by atoms with E-state index in [1.54, 1.807) is 0 Å². The molecule has 0 aromatic carbocycles. The van der Waals surface area contributed by atoms with Crippen molar-refractivity contribution >= 4 is 17.5 Å². The maximum Gasteiger partial charge on any atom is 0.222 e. The second-order valence-electron chi connectivity index (χ2n) is 6.49. The minimum atomic E-state index is 0.314. The van der Waals surface area contributed by atoms with Gasteiger partial charge in [-0.3, -0.25) is 4.79 Å². The second kappa shape index (κ2) is 6.08. The molecule has 1 rings (SSSR count). The average Bonchev–Trinajstić information content (AvgIpc) is 2.41. The lowest BCUT2D eigenvalue weighted by atomic mass is 9.77. The first-order valence-corrected chi connectivity index (χ1v) is 7.21. The summed E-state index contributed by atoms with van der Waals surface area (Å²) in [6.07, 6.45) is 2.87. The quantitative estimate of drug-likeness (QED) is 0.710. The van der Waals surface area contributed by atoms with Gasteiger partial charge in [0, 0.05) is 25.4 Å². The van der Waals surface area contributed by atoms with E-state index in [4.69, 9.17) is 11.6 Å². The number of alkyl halides is 1. The number of likely N-dealkylation sites (tertiary alicyclic amines) is 1. The van der Waals surface area contributed by atoms with E-state index in [-0.39, 0.29) is 0 Å². The van der Waals surface area contributed by atoms with Crippen molar-refractivity contribution < 1.29 is 4.79 Å². The van der Waals surface area contributed by atoms with Crippen LogP contribution in [0.3, 0.4) is 0 Å². The zero-order valence-electron chi connectivity index (χ0n) is 11.6. The number of nitrogens with zero attached hydrogens (tertiary/aromatic N) is 1. The molecule has 3 heteroatoms. The summed E-state index contributed by atoms with van der Waals surface area (Å²) in [5, 5.41) is 0. The van der Waals surface area contributed by atoms with Crippen LogP contribution in [0.1, 0.15) is 47.0 Å². The van der Waals surface area contributed by atoms with Gasteiger partial charge in [0.2, 0.25) is 5.91 Å². The molecule has 1 saturated heterocycles. The summed E-state index contributed by atoms with van der Waals surface area (Å²) in [6.45, 7) is 10.7. The highest BCUT2D eigenvalue weighted by Crippen LogP contribution is 2.34. The zero-order valence-corrected chi connectivity index (χ0v) is 12.4. The lowest BCUT2D eigenvalue weighted by Gasteiger charge is -2.30. The molecule has 0 spiro atoms. The zero-order chi connectivity index (χ0) is 13.1. The topological polar surface area (TPSA) is 20.3 Å². The van der Waals surface area contributed by atoms with E-state index in [0.29, 0.717) is 35.5 Å². The Morgan fingerprint density at radius 3 is 2.59 bits per heavy atom. The van der Waals surface area contributed by atoms with E-state index < -0.39 is 0 Å². The van der Waals surface area contributed by atoms with Crippen molar-refractivity contribution in [3.05, 3.63) is 0 Å². The number of carbonyl (C=O) groups excluding carboxylic acids is 1. The predicted octanol–water partition coefficient (Wildman–Crippen LogP) is 3.54. The van der Waals surface area contributed by atoms with Gasteiger partial charge in [-0.25, -0.2) is 0 Å². The van der Waals surface area contributed by atoms with E-state index >= 15 is 0 Å². The molecule has 2 nitrogen and oxygen atoms in total. The Hall–Kier alpha value is -0.240. The van der Waals surface area contributed by atoms with Crippen LogP contribution in [0.25, 0.3) is 0 Å². The van der Waals surface area contributed by atoms with Gasteiger partial charge in [-0.2, -0.15) is 0 Å². The van der Waals surface area contributed by atoms with Gasteiger partial charge in [-0.15, -0.1) is 11.6 Å². The summed E-state index contributed by atoms with van der Waals surface area (Å²) in [5.74, 6) is 2.00. The van der Waals surface area contributed by atoms with Crippen LogP contribution >= 0.6 is 11.6 Å². The minimum absolute atomic E-state index is 0.314. The lowest BCUT2D eigenvalue weighted by Crippen LogP contribution is -2.35.